The lowest BCUT2D eigenvalue weighted by molar-refractivity contribution is -0.138. The van der Waals surface area contributed by atoms with Crippen molar-refractivity contribution in [1.29, 1.82) is 0 Å². The summed E-state index contributed by atoms with van der Waals surface area (Å²) < 4.78 is 70.1. The van der Waals surface area contributed by atoms with E-state index in [-0.39, 0.29) is 16.3 Å². The first-order valence-electron chi connectivity index (χ1n) is 6.48. The van der Waals surface area contributed by atoms with Gasteiger partial charge in [0.15, 0.2) is 0 Å². The Morgan fingerprint density at radius 3 is 2.17 bits per heavy atom. The molecule has 0 aliphatic rings. The van der Waals surface area contributed by atoms with Crippen LogP contribution in [0, 0.1) is 6.92 Å². The second-order valence-electron chi connectivity index (χ2n) is 4.83. The predicted octanol–water partition coefficient (Wildman–Crippen LogP) is 3.82. The molecule has 0 saturated heterocycles. The van der Waals surface area contributed by atoms with E-state index in [1.807, 2.05) is 0 Å². The van der Waals surface area contributed by atoms with E-state index in [0.717, 1.165) is 18.7 Å². The van der Waals surface area contributed by atoms with E-state index in [0.29, 0.717) is 6.07 Å². The smallest absolute Gasteiger partial charge is 0.420 e. The van der Waals surface area contributed by atoms with Crippen LogP contribution in [0.25, 0.3) is 0 Å². The van der Waals surface area contributed by atoms with Crippen LogP contribution in [0.2, 0.25) is 0 Å². The third-order valence-electron chi connectivity index (χ3n) is 3.09. The van der Waals surface area contributed by atoms with E-state index >= 15 is 0 Å². The Hall–Kier alpha value is -2.22. The monoisotopic (exact) mass is 345 g/mol. The number of benzene rings is 2. The maximum absolute atomic E-state index is 13.0. The number of alkyl halides is 3. The summed E-state index contributed by atoms with van der Waals surface area (Å²) in [6.45, 7) is 1.79. The average molecular weight is 345 g/mol. The van der Waals surface area contributed by atoms with Crippen LogP contribution in [-0.2, 0) is 16.2 Å². The molecule has 0 bridgehead atoms. The Bertz CT molecular complexity index is 800. The fourth-order valence-corrected chi connectivity index (χ4v) is 2.97. The molecular weight excluding hydrogens is 331 g/mol. The van der Waals surface area contributed by atoms with Gasteiger partial charge in [-0.2, -0.15) is 13.2 Å². The van der Waals surface area contributed by atoms with E-state index in [2.05, 4.69) is 9.46 Å². The van der Waals surface area contributed by atoms with Gasteiger partial charge in [0.1, 0.15) is 5.75 Å². The Morgan fingerprint density at radius 1 is 1.04 bits per heavy atom. The summed E-state index contributed by atoms with van der Waals surface area (Å²) in [7, 11) is -2.86. The highest BCUT2D eigenvalue weighted by Gasteiger charge is 2.34. The largest absolute Gasteiger partial charge is 0.496 e. The summed E-state index contributed by atoms with van der Waals surface area (Å²) in [4.78, 5) is -0.0347. The van der Waals surface area contributed by atoms with Crippen molar-refractivity contribution in [3.8, 4) is 5.75 Å². The van der Waals surface area contributed by atoms with Gasteiger partial charge in [0, 0.05) is 5.69 Å². The molecule has 0 radical (unpaired) electrons. The maximum atomic E-state index is 13.0. The summed E-state index contributed by atoms with van der Waals surface area (Å²) in [6, 6.07) is 8.94. The lowest BCUT2D eigenvalue weighted by Gasteiger charge is -2.14. The topological polar surface area (TPSA) is 55.4 Å². The molecule has 2 rings (SSSR count). The molecular formula is C15H14F3NO3S. The van der Waals surface area contributed by atoms with Crippen LogP contribution in [-0.4, -0.2) is 15.5 Å². The van der Waals surface area contributed by atoms with Gasteiger partial charge >= 0.3 is 6.18 Å². The van der Waals surface area contributed by atoms with E-state index in [4.69, 9.17) is 0 Å². The molecule has 0 aromatic heterocycles. The SMILES string of the molecule is COc1ccc(NS(=O)(=O)c2ccc(C)cc2)cc1C(F)(F)F. The van der Waals surface area contributed by atoms with Crippen LogP contribution < -0.4 is 9.46 Å². The van der Waals surface area contributed by atoms with Gasteiger partial charge in [-0.05, 0) is 37.3 Å². The number of rotatable bonds is 4. The molecule has 0 heterocycles. The molecule has 0 aliphatic heterocycles. The van der Waals surface area contributed by atoms with Gasteiger partial charge in [-0.15, -0.1) is 0 Å². The van der Waals surface area contributed by atoms with Crippen LogP contribution in [0.15, 0.2) is 47.4 Å². The van der Waals surface area contributed by atoms with Gasteiger partial charge < -0.3 is 4.74 Å². The van der Waals surface area contributed by atoms with Crippen molar-refractivity contribution in [1.82, 2.24) is 0 Å². The maximum Gasteiger partial charge on any atom is 0.420 e. The fourth-order valence-electron chi connectivity index (χ4n) is 1.92. The number of hydrogen-bond donors (Lipinski definition) is 1. The molecule has 2 aromatic rings. The van der Waals surface area contributed by atoms with Crippen LogP contribution in [0.5, 0.6) is 5.75 Å². The van der Waals surface area contributed by atoms with E-state index in [9.17, 15) is 21.6 Å². The Balaban J connectivity index is 2.38. The number of halogens is 3. The number of aryl methyl sites for hydroxylation is 1. The summed E-state index contributed by atoms with van der Waals surface area (Å²) in [5, 5.41) is 0. The van der Waals surface area contributed by atoms with Gasteiger partial charge in [-0.25, -0.2) is 8.42 Å². The van der Waals surface area contributed by atoms with Gasteiger partial charge in [0.05, 0.1) is 17.6 Å². The molecule has 0 saturated carbocycles. The van der Waals surface area contributed by atoms with Crippen molar-refractivity contribution in [2.75, 3.05) is 11.8 Å². The third-order valence-corrected chi connectivity index (χ3v) is 4.49. The first-order chi connectivity index (χ1) is 10.6. The third kappa shape index (κ3) is 3.95. The van der Waals surface area contributed by atoms with Gasteiger partial charge in [-0.1, -0.05) is 17.7 Å². The molecule has 1 N–H and O–H groups in total. The minimum Gasteiger partial charge on any atom is -0.496 e. The predicted molar refractivity (Wildman–Crippen MR) is 80.0 cm³/mol. The first kappa shape index (κ1) is 17.1. The highest BCUT2D eigenvalue weighted by Crippen LogP contribution is 2.38. The second-order valence-corrected chi connectivity index (χ2v) is 6.51. The summed E-state index contributed by atoms with van der Waals surface area (Å²) in [6.07, 6.45) is -4.66. The molecule has 4 nitrogen and oxygen atoms in total. The minimum absolute atomic E-state index is 0.0347. The standard InChI is InChI=1S/C15H14F3NO3S/c1-10-3-6-12(7-4-10)23(20,21)19-11-5-8-14(22-2)13(9-11)15(16,17)18/h3-9,19H,1-2H3. The van der Waals surface area contributed by atoms with E-state index in [1.165, 1.54) is 18.2 Å². The molecule has 8 heteroatoms. The quantitative estimate of drug-likeness (QED) is 0.916. The minimum atomic E-state index is -4.66. The Morgan fingerprint density at radius 2 is 1.65 bits per heavy atom. The zero-order valence-electron chi connectivity index (χ0n) is 12.3. The van der Waals surface area contributed by atoms with Crippen LogP contribution >= 0.6 is 0 Å². The lowest BCUT2D eigenvalue weighted by Crippen LogP contribution is -2.14. The number of sulfonamides is 1. The summed E-state index contributed by atoms with van der Waals surface area (Å²) in [5.41, 5.74) is -0.379. The number of anilines is 1. The van der Waals surface area contributed by atoms with Gasteiger partial charge in [-0.3, -0.25) is 4.72 Å². The van der Waals surface area contributed by atoms with E-state index in [1.54, 1.807) is 19.1 Å². The van der Waals surface area contributed by atoms with E-state index < -0.39 is 21.8 Å². The molecule has 0 unspecified atom stereocenters. The average Bonchev–Trinajstić information content (AvgIpc) is 2.46. The number of hydrogen-bond acceptors (Lipinski definition) is 3. The number of nitrogens with one attached hydrogen (secondary N) is 1. The Kier molecular flexibility index (Phi) is 4.56. The lowest BCUT2D eigenvalue weighted by atomic mass is 10.1. The number of ether oxygens (including phenoxy) is 1. The highest BCUT2D eigenvalue weighted by atomic mass is 32.2. The second kappa shape index (κ2) is 6.11. The molecule has 0 amide bonds. The molecule has 2 aromatic carbocycles. The molecule has 0 aliphatic carbocycles. The molecule has 0 fully saturated rings. The van der Waals surface area contributed by atoms with Crippen LogP contribution in [0.4, 0.5) is 18.9 Å². The molecule has 0 atom stereocenters. The zero-order valence-corrected chi connectivity index (χ0v) is 13.1. The van der Waals surface area contributed by atoms with Crippen molar-refractivity contribution in [3.05, 3.63) is 53.6 Å². The van der Waals surface area contributed by atoms with Crippen molar-refractivity contribution in [2.45, 2.75) is 18.0 Å². The molecule has 0 spiro atoms. The summed E-state index contributed by atoms with van der Waals surface area (Å²) >= 11 is 0. The van der Waals surface area contributed by atoms with Crippen molar-refractivity contribution in [2.24, 2.45) is 0 Å². The zero-order chi connectivity index (χ0) is 17.3. The normalized spacial score (nSPS) is 12.0. The molecule has 23 heavy (non-hydrogen) atoms. The fraction of sp³-hybridized carbons (Fsp3) is 0.200. The van der Waals surface area contributed by atoms with Crippen molar-refractivity contribution < 1.29 is 26.3 Å². The molecule has 124 valence electrons. The van der Waals surface area contributed by atoms with Crippen molar-refractivity contribution in [3.63, 3.8) is 0 Å². The highest BCUT2D eigenvalue weighted by molar-refractivity contribution is 7.92. The van der Waals surface area contributed by atoms with Crippen molar-refractivity contribution >= 4 is 15.7 Å². The van der Waals surface area contributed by atoms with Gasteiger partial charge in [0.25, 0.3) is 10.0 Å². The van der Waals surface area contributed by atoms with Gasteiger partial charge in [0.2, 0.25) is 0 Å². The van der Waals surface area contributed by atoms with Crippen LogP contribution in [0.1, 0.15) is 11.1 Å². The number of methoxy groups -OCH3 is 1. The first-order valence-corrected chi connectivity index (χ1v) is 7.96. The Labute approximate surface area is 132 Å². The van der Waals surface area contributed by atoms with Crippen LogP contribution in [0.3, 0.4) is 0 Å². The summed E-state index contributed by atoms with van der Waals surface area (Å²) in [5.74, 6) is -0.379.